The fraction of sp³-hybridized carbons (Fsp3) is 0.389. The number of benzene rings is 1. The molecular weight excluding hydrogens is 379 g/mol. The number of piperidine rings is 1. The molecule has 0 saturated carbocycles. The van der Waals surface area contributed by atoms with Crippen molar-refractivity contribution in [2.75, 3.05) is 24.5 Å². The Hall–Kier alpha value is -2.13. The zero-order chi connectivity index (χ0) is 19.5. The molecule has 146 valence electrons. The van der Waals surface area contributed by atoms with Crippen molar-refractivity contribution in [2.45, 2.75) is 23.9 Å². The Kier molecular flexibility index (Phi) is 5.71. The maximum atomic E-state index is 12.8. The van der Waals surface area contributed by atoms with Crippen LogP contribution in [0.3, 0.4) is 0 Å². The second kappa shape index (κ2) is 7.85. The minimum Gasteiger partial charge on any atom is -0.357 e. The first-order valence-electron chi connectivity index (χ1n) is 8.58. The van der Waals surface area contributed by atoms with Crippen molar-refractivity contribution in [2.24, 2.45) is 5.92 Å². The maximum absolute atomic E-state index is 12.8. The standard InChI is InChI=1S/C18H20F3N3O2S/c19-18(20,21)15-4-3-5-16(12-15)27(25,26)23-13-14-7-10-24(11-8-14)17-6-1-2-9-22-17/h1-6,9,12,14,23H,7-8,10-11,13H2. The van der Waals surface area contributed by atoms with Crippen LogP contribution in [-0.2, 0) is 16.2 Å². The molecule has 0 radical (unpaired) electrons. The first-order valence-corrected chi connectivity index (χ1v) is 10.1. The molecule has 9 heteroatoms. The van der Waals surface area contributed by atoms with Crippen LogP contribution in [0.2, 0.25) is 0 Å². The third kappa shape index (κ3) is 4.98. The molecule has 2 aromatic rings. The van der Waals surface area contributed by atoms with Gasteiger partial charge in [0.25, 0.3) is 0 Å². The van der Waals surface area contributed by atoms with Crippen LogP contribution in [-0.4, -0.2) is 33.0 Å². The van der Waals surface area contributed by atoms with E-state index in [-0.39, 0.29) is 17.4 Å². The van der Waals surface area contributed by atoms with Gasteiger partial charge in [-0.05, 0) is 49.1 Å². The molecule has 0 bridgehead atoms. The molecule has 1 aliphatic rings. The SMILES string of the molecule is O=S(=O)(NCC1CCN(c2ccccn2)CC1)c1cccc(C(F)(F)F)c1. The molecule has 0 unspecified atom stereocenters. The van der Waals surface area contributed by atoms with Crippen molar-refractivity contribution in [1.29, 1.82) is 0 Å². The van der Waals surface area contributed by atoms with Gasteiger partial charge in [-0.15, -0.1) is 0 Å². The summed E-state index contributed by atoms with van der Waals surface area (Å²) in [5.74, 6) is 1.02. The van der Waals surface area contributed by atoms with Gasteiger partial charge < -0.3 is 4.90 Å². The molecule has 0 spiro atoms. The van der Waals surface area contributed by atoms with E-state index < -0.39 is 21.8 Å². The third-order valence-electron chi connectivity index (χ3n) is 4.62. The second-order valence-corrected chi connectivity index (χ2v) is 8.26. The molecule has 1 aromatic heterocycles. The summed E-state index contributed by atoms with van der Waals surface area (Å²) in [6.45, 7) is 1.72. The fourth-order valence-electron chi connectivity index (χ4n) is 3.06. The summed E-state index contributed by atoms with van der Waals surface area (Å²) in [5, 5.41) is 0. The Morgan fingerprint density at radius 3 is 2.48 bits per heavy atom. The molecule has 3 rings (SSSR count). The average Bonchev–Trinajstić information content (AvgIpc) is 2.67. The Balaban J connectivity index is 1.57. The minimum atomic E-state index is -4.58. The highest BCUT2D eigenvalue weighted by Crippen LogP contribution is 2.30. The monoisotopic (exact) mass is 399 g/mol. The van der Waals surface area contributed by atoms with Gasteiger partial charge in [0.15, 0.2) is 0 Å². The fourth-order valence-corrected chi connectivity index (χ4v) is 4.22. The summed E-state index contributed by atoms with van der Waals surface area (Å²) in [5.41, 5.74) is -0.978. The highest BCUT2D eigenvalue weighted by atomic mass is 32.2. The largest absolute Gasteiger partial charge is 0.416 e. The van der Waals surface area contributed by atoms with Crippen molar-refractivity contribution in [3.63, 3.8) is 0 Å². The van der Waals surface area contributed by atoms with Crippen LogP contribution in [0.1, 0.15) is 18.4 Å². The minimum absolute atomic E-state index is 0.130. The normalized spacial score (nSPS) is 16.5. The smallest absolute Gasteiger partial charge is 0.357 e. The molecule has 27 heavy (non-hydrogen) atoms. The van der Waals surface area contributed by atoms with Gasteiger partial charge in [-0.3, -0.25) is 0 Å². The van der Waals surface area contributed by atoms with E-state index in [4.69, 9.17) is 0 Å². The van der Waals surface area contributed by atoms with Crippen LogP contribution in [0.5, 0.6) is 0 Å². The first kappa shape index (κ1) is 19.6. The zero-order valence-corrected chi connectivity index (χ0v) is 15.3. The number of hydrogen-bond donors (Lipinski definition) is 1. The number of sulfonamides is 1. The van der Waals surface area contributed by atoms with Crippen molar-refractivity contribution >= 4 is 15.8 Å². The van der Waals surface area contributed by atoms with Gasteiger partial charge in [-0.2, -0.15) is 13.2 Å². The third-order valence-corrected chi connectivity index (χ3v) is 6.04. The van der Waals surface area contributed by atoms with Crippen LogP contribution in [0.4, 0.5) is 19.0 Å². The Morgan fingerprint density at radius 2 is 1.85 bits per heavy atom. The lowest BCUT2D eigenvalue weighted by atomic mass is 9.97. The highest BCUT2D eigenvalue weighted by Gasteiger charge is 2.32. The van der Waals surface area contributed by atoms with Gasteiger partial charge in [-0.25, -0.2) is 18.1 Å². The average molecular weight is 399 g/mol. The number of pyridine rings is 1. The van der Waals surface area contributed by atoms with E-state index in [1.54, 1.807) is 6.20 Å². The Labute approximate surface area is 156 Å². The number of hydrogen-bond acceptors (Lipinski definition) is 4. The van der Waals surface area contributed by atoms with Crippen LogP contribution in [0.15, 0.2) is 53.6 Å². The predicted octanol–water partition coefficient (Wildman–Crippen LogP) is 3.30. The lowest BCUT2D eigenvalue weighted by molar-refractivity contribution is -0.137. The van der Waals surface area contributed by atoms with E-state index in [1.165, 1.54) is 6.07 Å². The predicted molar refractivity (Wildman–Crippen MR) is 95.8 cm³/mol. The van der Waals surface area contributed by atoms with Gasteiger partial charge in [0, 0.05) is 25.8 Å². The second-order valence-electron chi connectivity index (χ2n) is 6.50. The zero-order valence-electron chi connectivity index (χ0n) is 14.5. The van der Waals surface area contributed by atoms with E-state index in [0.29, 0.717) is 6.07 Å². The van der Waals surface area contributed by atoms with Gasteiger partial charge in [0.1, 0.15) is 5.82 Å². The maximum Gasteiger partial charge on any atom is 0.416 e. The van der Waals surface area contributed by atoms with Crippen LogP contribution >= 0.6 is 0 Å². The number of alkyl halides is 3. The van der Waals surface area contributed by atoms with Crippen molar-refractivity contribution in [3.05, 3.63) is 54.2 Å². The quantitative estimate of drug-likeness (QED) is 0.838. The number of anilines is 1. The van der Waals surface area contributed by atoms with E-state index in [9.17, 15) is 21.6 Å². The summed E-state index contributed by atoms with van der Waals surface area (Å²) in [6.07, 6.45) is -1.29. The molecule has 1 aliphatic heterocycles. The number of rotatable bonds is 5. The van der Waals surface area contributed by atoms with Gasteiger partial charge in [-0.1, -0.05) is 12.1 Å². The Morgan fingerprint density at radius 1 is 1.11 bits per heavy atom. The molecule has 1 fully saturated rings. The summed E-state index contributed by atoms with van der Waals surface area (Å²) >= 11 is 0. The Bertz CT molecular complexity index is 865. The van der Waals surface area contributed by atoms with E-state index in [0.717, 1.165) is 43.9 Å². The topological polar surface area (TPSA) is 62.3 Å². The van der Waals surface area contributed by atoms with Gasteiger partial charge >= 0.3 is 6.18 Å². The van der Waals surface area contributed by atoms with Crippen LogP contribution < -0.4 is 9.62 Å². The number of halogens is 3. The van der Waals surface area contributed by atoms with E-state index in [1.807, 2.05) is 18.2 Å². The molecule has 2 heterocycles. The van der Waals surface area contributed by atoms with Gasteiger partial charge in [0.2, 0.25) is 10.0 Å². The molecule has 0 amide bonds. The number of aromatic nitrogens is 1. The lowest BCUT2D eigenvalue weighted by Gasteiger charge is -2.32. The number of nitrogens with one attached hydrogen (secondary N) is 1. The summed E-state index contributed by atoms with van der Waals surface area (Å²) < 4.78 is 65.5. The van der Waals surface area contributed by atoms with Crippen molar-refractivity contribution < 1.29 is 21.6 Å². The molecular formula is C18H20F3N3O2S. The van der Waals surface area contributed by atoms with E-state index >= 15 is 0 Å². The van der Waals surface area contributed by atoms with E-state index in [2.05, 4.69) is 14.6 Å². The summed E-state index contributed by atoms with van der Waals surface area (Å²) in [6, 6.07) is 9.47. The van der Waals surface area contributed by atoms with Crippen LogP contribution in [0.25, 0.3) is 0 Å². The summed E-state index contributed by atoms with van der Waals surface area (Å²) in [7, 11) is -3.98. The van der Waals surface area contributed by atoms with Crippen molar-refractivity contribution in [1.82, 2.24) is 9.71 Å². The summed E-state index contributed by atoms with van der Waals surface area (Å²) in [4.78, 5) is 6.07. The molecule has 5 nitrogen and oxygen atoms in total. The van der Waals surface area contributed by atoms with Gasteiger partial charge in [0.05, 0.1) is 10.5 Å². The van der Waals surface area contributed by atoms with Crippen LogP contribution in [0, 0.1) is 5.92 Å². The first-order chi connectivity index (χ1) is 12.8. The molecule has 1 aromatic carbocycles. The molecule has 0 aliphatic carbocycles. The van der Waals surface area contributed by atoms with Crippen molar-refractivity contribution in [3.8, 4) is 0 Å². The molecule has 1 saturated heterocycles. The lowest BCUT2D eigenvalue weighted by Crippen LogP contribution is -2.39. The molecule has 0 atom stereocenters. The number of nitrogens with zero attached hydrogens (tertiary/aromatic N) is 2. The highest BCUT2D eigenvalue weighted by molar-refractivity contribution is 7.89. The molecule has 1 N–H and O–H groups in total.